The number of hydrogen-bond donors (Lipinski definition) is 0. The first-order valence-corrected chi connectivity index (χ1v) is 5.86. The van der Waals surface area contributed by atoms with Crippen molar-refractivity contribution >= 4 is 17.6 Å². The molecule has 0 saturated heterocycles. The Hall–Kier alpha value is -1.81. The molecule has 0 fully saturated rings. The van der Waals surface area contributed by atoms with E-state index >= 15 is 0 Å². The van der Waals surface area contributed by atoms with Gasteiger partial charge in [0.15, 0.2) is 0 Å². The van der Waals surface area contributed by atoms with Crippen LogP contribution in [0.3, 0.4) is 0 Å². The van der Waals surface area contributed by atoms with E-state index in [1.807, 2.05) is 13.8 Å². The van der Waals surface area contributed by atoms with Gasteiger partial charge in [-0.2, -0.15) is 5.10 Å². The molecule has 1 heterocycles. The monoisotopic (exact) mass is 263 g/mol. The van der Waals surface area contributed by atoms with Gasteiger partial charge < -0.3 is 9.90 Å². The van der Waals surface area contributed by atoms with E-state index in [-0.39, 0.29) is 5.56 Å². The van der Waals surface area contributed by atoms with Crippen LogP contribution in [0.25, 0.3) is 0 Å². The molecule has 94 valence electrons. The van der Waals surface area contributed by atoms with E-state index in [2.05, 4.69) is 5.10 Å². The second kappa shape index (κ2) is 4.82. The van der Waals surface area contributed by atoms with Gasteiger partial charge in [0.2, 0.25) is 0 Å². The smallest absolute Gasteiger partial charge is 0.0844 e. The summed E-state index contributed by atoms with van der Waals surface area (Å²) < 4.78 is 1.80. The minimum atomic E-state index is -1.17. The summed E-state index contributed by atoms with van der Waals surface area (Å²) in [5.74, 6) is -1.17. The van der Waals surface area contributed by atoms with Gasteiger partial charge in [-0.15, -0.1) is 0 Å². The minimum absolute atomic E-state index is 0.171. The quantitative estimate of drug-likeness (QED) is 0.845. The van der Waals surface area contributed by atoms with Gasteiger partial charge in [0.25, 0.3) is 0 Å². The second-order valence-corrected chi connectivity index (χ2v) is 4.50. The Labute approximate surface area is 110 Å². The number of rotatable bonds is 3. The summed E-state index contributed by atoms with van der Waals surface area (Å²) >= 11 is 6.06. The van der Waals surface area contributed by atoms with E-state index in [4.69, 9.17) is 11.6 Å². The molecule has 0 amide bonds. The van der Waals surface area contributed by atoms with E-state index in [0.29, 0.717) is 11.6 Å². The molecule has 0 N–H and O–H groups in total. The fourth-order valence-electron chi connectivity index (χ4n) is 1.75. The number of carboxylic acid groups (broad SMARTS) is 1. The zero-order valence-corrected chi connectivity index (χ0v) is 10.9. The number of aromatic carboxylic acids is 1. The van der Waals surface area contributed by atoms with Crippen LogP contribution in [0.5, 0.6) is 0 Å². The lowest BCUT2D eigenvalue weighted by Gasteiger charge is -2.06. The first kappa shape index (κ1) is 12.6. The van der Waals surface area contributed by atoms with Crippen LogP contribution in [0, 0.1) is 13.8 Å². The first-order chi connectivity index (χ1) is 8.49. The van der Waals surface area contributed by atoms with Crippen LogP contribution >= 0.6 is 11.6 Å². The standard InChI is InChI=1S/C13H13ClN2O2/c1-8-12(14)9(2)16(15-8)7-10-3-5-11(6-4-10)13(17)18/h3-6H,7H2,1-2H3,(H,17,18)/p-1. The molecule has 0 spiro atoms. The number of carbonyl (C=O) groups excluding carboxylic acids is 1. The van der Waals surface area contributed by atoms with Crippen molar-refractivity contribution in [2.75, 3.05) is 0 Å². The number of carbonyl (C=O) groups is 1. The molecular weight excluding hydrogens is 252 g/mol. The highest BCUT2D eigenvalue weighted by Gasteiger charge is 2.09. The summed E-state index contributed by atoms with van der Waals surface area (Å²) in [6, 6.07) is 6.54. The number of carboxylic acids is 1. The van der Waals surface area contributed by atoms with E-state index in [9.17, 15) is 9.90 Å². The summed E-state index contributed by atoms with van der Waals surface area (Å²) in [7, 11) is 0. The van der Waals surface area contributed by atoms with Crippen molar-refractivity contribution in [1.29, 1.82) is 0 Å². The lowest BCUT2D eigenvalue weighted by molar-refractivity contribution is -0.255. The third-order valence-corrected chi connectivity index (χ3v) is 3.36. The van der Waals surface area contributed by atoms with Crippen LogP contribution in [-0.4, -0.2) is 15.7 Å². The number of halogens is 1. The topological polar surface area (TPSA) is 58.0 Å². The Kier molecular flexibility index (Phi) is 3.39. The maximum atomic E-state index is 10.6. The third kappa shape index (κ3) is 2.38. The predicted octanol–water partition coefficient (Wildman–Crippen LogP) is 1.57. The maximum Gasteiger partial charge on any atom is 0.0844 e. The molecule has 0 aliphatic heterocycles. The van der Waals surface area contributed by atoms with Gasteiger partial charge in [-0.1, -0.05) is 35.9 Å². The fraction of sp³-hybridized carbons (Fsp3) is 0.231. The highest BCUT2D eigenvalue weighted by atomic mass is 35.5. The first-order valence-electron chi connectivity index (χ1n) is 5.49. The molecule has 4 nitrogen and oxygen atoms in total. The lowest BCUT2D eigenvalue weighted by atomic mass is 10.1. The van der Waals surface area contributed by atoms with E-state index in [0.717, 1.165) is 17.0 Å². The molecule has 0 aliphatic rings. The van der Waals surface area contributed by atoms with Crippen LogP contribution in [0.2, 0.25) is 5.02 Å². The van der Waals surface area contributed by atoms with Crippen LogP contribution in [-0.2, 0) is 6.54 Å². The van der Waals surface area contributed by atoms with Gasteiger partial charge in [-0.25, -0.2) is 0 Å². The Morgan fingerprint density at radius 2 is 1.94 bits per heavy atom. The summed E-state index contributed by atoms with van der Waals surface area (Å²) in [4.78, 5) is 10.6. The average Bonchev–Trinajstić information content (AvgIpc) is 2.58. The molecule has 0 saturated carbocycles. The minimum Gasteiger partial charge on any atom is -0.545 e. The molecule has 2 aromatic rings. The summed E-state index contributed by atoms with van der Waals surface area (Å²) in [6.45, 7) is 4.32. The maximum absolute atomic E-state index is 10.6. The van der Waals surface area contributed by atoms with Gasteiger partial charge in [0.05, 0.1) is 28.9 Å². The van der Waals surface area contributed by atoms with Crippen molar-refractivity contribution in [3.63, 3.8) is 0 Å². The van der Waals surface area contributed by atoms with Crippen molar-refractivity contribution in [3.8, 4) is 0 Å². The molecule has 0 atom stereocenters. The molecule has 1 aromatic heterocycles. The van der Waals surface area contributed by atoms with Gasteiger partial charge in [-0.3, -0.25) is 4.68 Å². The second-order valence-electron chi connectivity index (χ2n) is 4.13. The molecular formula is C13H12ClN2O2-. The largest absolute Gasteiger partial charge is 0.545 e. The fourth-order valence-corrected chi connectivity index (χ4v) is 1.88. The van der Waals surface area contributed by atoms with Crippen molar-refractivity contribution in [3.05, 3.63) is 51.8 Å². The van der Waals surface area contributed by atoms with Crippen molar-refractivity contribution < 1.29 is 9.90 Å². The molecule has 18 heavy (non-hydrogen) atoms. The Balaban J connectivity index is 2.23. The van der Waals surface area contributed by atoms with E-state index in [1.54, 1.807) is 16.8 Å². The van der Waals surface area contributed by atoms with E-state index in [1.165, 1.54) is 12.1 Å². The Morgan fingerprint density at radius 3 is 2.39 bits per heavy atom. The summed E-state index contributed by atoms with van der Waals surface area (Å²) in [5, 5.41) is 15.6. The number of hydrogen-bond acceptors (Lipinski definition) is 3. The molecule has 0 aliphatic carbocycles. The number of aryl methyl sites for hydroxylation is 1. The van der Waals surface area contributed by atoms with Crippen LogP contribution in [0.4, 0.5) is 0 Å². The summed E-state index contributed by atoms with van der Waals surface area (Å²) in [6.07, 6.45) is 0. The third-order valence-electron chi connectivity index (χ3n) is 2.82. The molecule has 2 rings (SSSR count). The van der Waals surface area contributed by atoms with Gasteiger partial charge >= 0.3 is 0 Å². The number of aromatic nitrogens is 2. The summed E-state index contributed by atoms with van der Waals surface area (Å²) in [5.41, 5.74) is 2.83. The van der Waals surface area contributed by atoms with Crippen molar-refractivity contribution in [1.82, 2.24) is 9.78 Å². The molecule has 0 unspecified atom stereocenters. The molecule has 1 aromatic carbocycles. The number of nitrogens with zero attached hydrogens (tertiary/aromatic N) is 2. The van der Waals surface area contributed by atoms with E-state index < -0.39 is 5.97 Å². The molecule has 0 radical (unpaired) electrons. The highest BCUT2D eigenvalue weighted by molar-refractivity contribution is 6.31. The van der Waals surface area contributed by atoms with Gasteiger partial charge in [-0.05, 0) is 25.0 Å². The van der Waals surface area contributed by atoms with Crippen LogP contribution in [0.1, 0.15) is 27.3 Å². The SMILES string of the molecule is Cc1nn(Cc2ccc(C(=O)[O-])cc2)c(C)c1Cl. The van der Waals surface area contributed by atoms with Crippen LogP contribution < -0.4 is 5.11 Å². The Bertz CT molecular complexity index is 588. The molecule has 0 bridgehead atoms. The van der Waals surface area contributed by atoms with Crippen molar-refractivity contribution in [2.45, 2.75) is 20.4 Å². The zero-order valence-electron chi connectivity index (χ0n) is 10.1. The van der Waals surface area contributed by atoms with Gasteiger partial charge in [0, 0.05) is 0 Å². The Morgan fingerprint density at radius 1 is 1.33 bits per heavy atom. The number of benzene rings is 1. The van der Waals surface area contributed by atoms with Crippen LogP contribution in [0.15, 0.2) is 24.3 Å². The highest BCUT2D eigenvalue weighted by Crippen LogP contribution is 2.19. The average molecular weight is 264 g/mol. The van der Waals surface area contributed by atoms with Gasteiger partial charge in [0.1, 0.15) is 0 Å². The van der Waals surface area contributed by atoms with Crippen molar-refractivity contribution in [2.24, 2.45) is 0 Å². The lowest BCUT2D eigenvalue weighted by Crippen LogP contribution is -2.22. The molecule has 5 heteroatoms. The normalized spacial score (nSPS) is 10.6. The zero-order chi connectivity index (χ0) is 13.3. The predicted molar refractivity (Wildman–Crippen MR) is 66.6 cm³/mol.